The van der Waals surface area contributed by atoms with Crippen LogP contribution in [0, 0.1) is 0 Å². The highest BCUT2D eigenvalue weighted by Crippen LogP contribution is 2.09. The highest BCUT2D eigenvalue weighted by Gasteiger charge is 2.32. The van der Waals surface area contributed by atoms with E-state index < -0.39 is 14.8 Å². The van der Waals surface area contributed by atoms with Gasteiger partial charge in [0.25, 0.3) is 0 Å². The minimum absolute atomic E-state index is 0.402. The summed E-state index contributed by atoms with van der Waals surface area (Å²) in [5.41, 5.74) is 0. The Kier molecular flexibility index (Phi) is 2.56. The van der Waals surface area contributed by atoms with E-state index in [-0.39, 0.29) is 0 Å². The van der Waals surface area contributed by atoms with Crippen LogP contribution in [-0.4, -0.2) is 26.5 Å². The van der Waals surface area contributed by atoms with Crippen LogP contribution in [0.4, 0.5) is 0 Å². The van der Waals surface area contributed by atoms with E-state index in [0.29, 0.717) is 6.29 Å². The first-order valence-electron chi connectivity index (χ1n) is 2.77. The highest BCUT2D eigenvalue weighted by molar-refractivity contribution is 7.91. The number of carbonyl (C=O) groups excluding carboxylic acids is 1. The lowest BCUT2D eigenvalue weighted by atomic mass is 10.2. The quantitative estimate of drug-likeness (QED) is 0.574. The molecule has 0 aliphatic carbocycles. The van der Waals surface area contributed by atoms with Crippen molar-refractivity contribution in [3.63, 3.8) is 0 Å². The van der Waals surface area contributed by atoms with Gasteiger partial charge in [-0.25, -0.2) is 13.1 Å². The second-order valence-corrected chi connectivity index (χ2v) is 4.90. The van der Waals surface area contributed by atoms with Crippen LogP contribution in [0.1, 0.15) is 13.8 Å². The zero-order valence-corrected chi connectivity index (χ0v) is 7.03. The van der Waals surface area contributed by atoms with Crippen molar-refractivity contribution in [3.05, 3.63) is 0 Å². The second kappa shape index (κ2) is 2.67. The molecule has 60 valence electrons. The number of nitrogens with one attached hydrogen (secondary N) is 1. The number of carbonyl (C=O) groups is 1. The third-order valence-electron chi connectivity index (χ3n) is 1.25. The maximum atomic E-state index is 10.9. The average Bonchev–Trinajstić information content (AvgIpc) is 1.88. The van der Waals surface area contributed by atoms with Crippen molar-refractivity contribution in [1.82, 2.24) is 4.72 Å². The molecule has 0 atom stereocenters. The Morgan fingerprint density at radius 3 is 1.90 bits per heavy atom. The van der Waals surface area contributed by atoms with E-state index in [1.165, 1.54) is 20.9 Å². The Morgan fingerprint density at radius 2 is 1.80 bits per heavy atom. The monoisotopic (exact) mass is 165 g/mol. The van der Waals surface area contributed by atoms with Crippen molar-refractivity contribution in [2.24, 2.45) is 0 Å². The van der Waals surface area contributed by atoms with Crippen LogP contribution in [0.2, 0.25) is 0 Å². The van der Waals surface area contributed by atoms with Crippen LogP contribution in [0.25, 0.3) is 0 Å². The molecule has 10 heavy (non-hydrogen) atoms. The maximum Gasteiger partial charge on any atom is 0.223 e. The predicted molar refractivity (Wildman–Crippen MR) is 38.1 cm³/mol. The summed E-state index contributed by atoms with van der Waals surface area (Å²) in [5, 5.41) is 0. The molecule has 0 heterocycles. The lowest BCUT2D eigenvalue weighted by molar-refractivity contribution is -0.109. The van der Waals surface area contributed by atoms with Crippen molar-refractivity contribution in [2.45, 2.75) is 18.6 Å². The second-order valence-electron chi connectivity index (χ2n) is 2.43. The molecular formula is C5H11NO3S. The number of rotatable bonds is 3. The van der Waals surface area contributed by atoms with E-state index in [0.717, 1.165) is 0 Å². The predicted octanol–water partition coefficient (Wildman–Crippen LogP) is -0.487. The van der Waals surface area contributed by atoms with Gasteiger partial charge in [0, 0.05) is 0 Å². The zero-order valence-electron chi connectivity index (χ0n) is 6.21. The van der Waals surface area contributed by atoms with Gasteiger partial charge in [0.1, 0.15) is 11.0 Å². The molecular weight excluding hydrogens is 154 g/mol. The number of sulfonamides is 1. The fraction of sp³-hybridized carbons (Fsp3) is 0.800. The molecule has 4 nitrogen and oxygen atoms in total. The number of aldehydes is 1. The smallest absolute Gasteiger partial charge is 0.223 e. The van der Waals surface area contributed by atoms with Gasteiger partial charge in [0.15, 0.2) is 0 Å². The fourth-order valence-corrected chi connectivity index (χ4v) is 0.979. The summed E-state index contributed by atoms with van der Waals surface area (Å²) in [6.07, 6.45) is 0.402. The fourth-order valence-electron chi connectivity index (χ4n) is 0.326. The Morgan fingerprint density at radius 1 is 1.40 bits per heavy atom. The largest absolute Gasteiger partial charge is 0.302 e. The average molecular weight is 165 g/mol. The lowest BCUT2D eigenvalue weighted by Gasteiger charge is -2.15. The SMILES string of the molecule is CNS(=O)(=O)C(C)(C)C=O. The van der Waals surface area contributed by atoms with E-state index in [9.17, 15) is 13.2 Å². The number of hydrogen-bond donors (Lipinski definition) is 1. The molecule has 0 aromatic carbocycles. The molecule has 0 rings (SSSR count). The number of hydrogen-bond acceptors (Lipinski definition) is 3. The van der Waals surface area contributed by atoms with Gasteiger partial charge in [0.05, 0.1) is 0 Å². The van der Waals surface area contributed by atoms with Gasteiger partial charge >= 0.3 is 0 Å². The molecule has 0 aliphatic heterocycles. The maximum absolute atomic E-state index is 10.9. The summed E-state index contributed by atoms with van der Waals surface area (Å²) < 4.78 is 22.6. The minimum atomic E-state index is -3.47. The molecule has 0 saturated carbocycles. The van der Waals surface area contributed by atoms with Crippen LogP contribution in [0.5, 0.6) is 0 Å². The minimum Gasteiger partial charge on any atom is -0.302 e. The van der Waals surface area contributed by atoms with E-state index in [2.05, 4.69) is 4.72 Å². The van der Waals surface area contributed by atoms with Crippen molar-refractivity contribution in [3.8, 4) is 0 Å². The molecule has 0 saturated heterocycles. The Hall–Kier alpha value is -0.420. The van der Waals surface area contributed by atoms with Gasteiger partial charge in [0.2, 0.25) is 10.0 Å². The van der Waals surface area contributed by atoms with Crippen LogP contribution >= 0.6 is 0 Å². The summed E-state index contributed by atoms with van der Waals surface area (Å²) in [7, 11) is -2.19. The first-order valence-corrected chi connectivity index (χ1v) is 4.25. The molecule has 0 amide bonds. The Bertz CT molecular complexity index is 217. The third-order valence-corrected chi connectivity index (χ3v) is 3.26. The van der Waals surface area contributed by atoms with E-state index in [1.54, 1.807) is 0 Å². The molecule has 0 fully saturated rings. The van der Waals surface area contributed by atoms with E-state index >= 15 is 0 Å². The summed E-state index contributed by atoms with van der Waals surface area (Å²) in [6, 6.07) is 0. The van der Waals surface area contributed by atoms with E-state index in [4.69, 9.17) is 0 Å². The van der Waals surface area contributed by atoms with Crippen molar-refractivity contribution >= 4 is 16.3 Å². The third kappa shape index (κ3) is 1.54. The Labute approximate surface area is 60.7 Å². The summed E-state index contributed by atoms with van der Waals surface area (Å²) in [6.45, 7) is 2.68. The molecule has 0 aromatic heterocycles. The van der Waals surface area contributed by atoms with Gasteiger partial charge in [-0.15, -0.1) is 0 Å². The van der Waals surface area contributed by atoms with Crippen molar-refractivity contribution < 1.29 is 13.2 Å². The summed E-state index contributed by atoms with van der Waals surface area (Å²) >= 11 is 0. The zero-order chi connectivity index (χ0) is 8.41. The van der Waals surface area contributed by atoms with Gasteiger partial charge < -0.3 is 4.79 Å². The standard InChI is InChI=1S/C5H11NO3S/c1-5(2,4-7)10(8,9)6-3/h4,6H,1-3H3. The normalized spacial score (nSPS) is 13.1. The van der Waals surface area contributed by atoms with Crippen molar-refractivity contribution in [1.29, 1.82) is 0 Å². The first kappa shape index (κ1) is 9.58. The Balaban J connectivity index is 4.81. The van der Waals surface area contributed by atoms with Crippen LogP contribution in [-0.2, 0) is 14.8 Å². The van der Waals surface area contributed by atoms with Crippen LogP contribution in [0.3, 0.4) is 0 Å². The van der Waals surface area contributed by atoms with Gasteiger partial charge in [-0.3, -0.25) is 0 Å². The molecule has 0 aliphatic rings. The summed E-state index contributed by atoms with van der Waals surface area (Å²) in [5.74, 6) is 0. The van der Waals surface area contributed by atoms with Gasteiger partial charge in [-0.1, -0.05) is 0 Å². The van der Waals surface area contributed by atoms with Gasteiger partial charge in [-0.05, 0) is 20.9 Å². The first-order chi connectivity index (χ1) is 4.37. The lowest BCUT2D eigenvalue weighted by Crippen LogP contribution is -2.41. The molecule has 1 N–H and O–H groups in total. The van der Waals surface area contributed by atoms with E-state index in [1.807, 2.05) is 0 Å². The van der Waals surface area contributed by atoms with Crippen LogP contribution < -0.4 is 4.72 Å². The molecule has 0 spiro atoms. The summed E-state index contributed by atoms with van der Waals surface area (Å²) in [4.78, 5) is 10.2. The molecule has 0 bridgehead atoms. The van der Waals surface area contributed by atoms with Crippen LogP contribution in [0.15, 0.2) is 0 Å². The molecule has 0 unspecified atom stereocenters. The highest BCUT2D eigenvalue weighted by atomic mass is 32.2. The molecule has 0 radical (unpaired) electrons. The van der Waals surface area contributed by atoms with Crippen molar-refractivity contribution in [2.75, 3.05) is 7.05 Å². The van der Waals surface area contributed by atoms with Gasteiger partial charge in [-0.2, -0.15) is 0 Å². The topological polar surface area (TPSA) is 63.2 Å². The molecule has 5 heteroatoms. The molecule has 0 aromatic rings.